The molecule has 5 rings (SSSR count). The van der Waals surface area contributed by atoms with Crippen molar-refractivity contribution in [1.29, 1.82) is 0 Å². The van der Waals surface area contributed by atoms with E-state index < -0.39 is 6.17 Å². The summed E-state index contributed by atoms with van der Waals surface area (Å²) in [5.74, 6) is 1.17. The van der Waals surface area contributed by atoms with E-state index in [1.54, 1.807) is 11.0 Å². The molecule has 6 nitrogen and oxygen atoms in total. The van der Waals surface area contributed by atoms with Crippen molar-refractivity contribution in [3.05, 3.63) is 46.7 Å². The Kier molecular flexibility index (Phi) is 4.19. The molecule has 1 aliphatic carbocycles. The zero-order chi connectivity index (χ0) is 20.1. The summed E-state index contributed by atoms with van der Waals surface area (Å²) in [4.78, 5) is 31.8. The molecule has 2 aliphatic heterocycles. The summed E-state index contributed by atoms with van der Waals surface area (Å²) in [5, 5.41) is 0. The molecule has 7 heteroatoms. The predicted molar refractivity (Wildman–Crippen MR) is 108 cm³/mol. The number of nitrogens with one attached hydrogen (secondary N) is 1. The Hall–Kier alpha value is -3.09. The minimum absolute atomic E-state index is 0.0645. The monoisotopic (exact) mass is 395 g/mol. The van der Waals surface area contributed by atoms with Crippen LogP contribution in [0.2, 0.25) is 0 Å². The van der Waals surface area contributed by atoms with Gasteiger partial charge in [0.25, 0.3) is 5.91 Å². The molecule has 0 unspecified atom stereocenters. The number of halogens is 1. The Morgan fingerprint density at radius 1 is 1.28 bits per heavy atom. The van der Waals surface area contributed by atoms with Crippen molar-refractivity contribution in [2.24, 2.45) is 0 Å². The first-order valence-corrected chi connectivity index (χ1v) is 9.95. The number of aromatic amines is 1. The van der Waals surface area contributed by atoms with E-state index in [0.717, 1.165) is 16.8 Å². The molecule has 1 aromatic heterocycles. The van der Waals surface area contributed by atoms with Crippen LogP contribution in [0.15, 0.2) is 29.8 Å². The number of ketones is 1. The van der Waals surface area contributed by atoms with Crippen LogP contribution in [0.25, 0.3) is 6.08 Å². The van der Waals surface area contributed by atoms with Crippen molar-refractivity contribution < 1.29 is 18.7 Å². The van der Waals surface area contributed by atoms with Gasteiger partial charge in [0, 0.05) is 23.9 Å². The van der Waals surface area contributed by atoms with Crippen molar-refractivity contribution in [2.45, 2.75) is 25.9 Å². The number of piperidine rings is 1. The molecule has 29 heavy (non-hydrogen) atoms. The van der Waals surface area contributed by atoms with Crippen molar-refractivity contribution in [3.63, 3.8) is 0 Å². The maximum atomic E-state index is 13.7. The number of carbonyl (C=O) groups is 2. The normalized spacial score (nSPS) is 20.8. The Balaban J connectivity index is 1.45. The van der Waals surface area contributed by atoms with Crippen LogP contribution in [0.5, 0.6) is 5.75 Å². The van der Waals surface area contributed by atoms with E-state index in [2.05, 4.69) is 9.88 Å². The number of benzene rings is 1. The number of amides is 1. The molecule has 2 aromatic rings. The van der Waals surface area contributed by atoms with Crippen molar-refractivity contribution >= 4 is 29.3 Å². The number of hydrogen-bond acceptors (Lipinski definition) is 4. The molecule has 1 fully saturated rings. The van der Waals surface area contributed by atoms with Crippen molar-refractivity contribution in [1.82, 2.24) is 9.88 Å². The quantitative estimate of drug-likeness (QED) is 0.842. The maximum Gasteiger partial charge on any atom is 0.270 e. The highest BCUT2D eigenvalue weighted by atomic mass is 19.1. The third kappa shape index (κ3) is 3.01. The first kappa shape index (κ1) is 18.0. The van der Waals surface area contributed by atoms with Crippen LogP contribution in [0.4, 0.5) is 15.9 Å². The Morgan fingerprint density at radius 2 is 2.14 bits per heavy atom. The molecule has 1 amide bonds. The van der Waals surface area contributed by atoms with Gasteiger partial charge in [-0.05, 0) is 55.2 Å². The van der Waals surface area contributed by atoms with Crippen LogP contribution in [-0.2, 0) is 0 Å². The Labute approximate surface area is 167 Å². The number of nitrogens with zero attached hydrogens (tertiary/aromatic N) is 2. The molecular weight excluding hydrogens is 373 g/mol. The van der Waals surface area contributed by atoms with Gasteiger partial charge in [0.15, 0.2) is 17.4 Å². The van der Waals surface area contributed by atoms with E-state index in [9.17, 15) is 14.0 Å². The van der Waals surface area contributed by atoms with Gasteiger partial charge in [0.2, 0.25) is 0 Å². The molecule has 0 saturated carbocycles. The topological polar surface area (TPSA) is 65.6 Å². The number of alkyl halides is 1. The van der Waals surface area contributed by atoms with Crippen molar-refractivity contribution in [2.75, 3.05) is 31.1 Å². The SMILES string of the molecule is CC1=Cc2cc(N3CCOc4cc(C(=O)N5CCC[C@@H](F)C5)[nH]c43)ccc2C1=O. The van der Waals surface area contributed by atoms with Gasteiger partial charge in [-0.25, -0.2) is 4.39 Å². The van der Waals surface area contributed by atoms with Gasteiger partial charge in [0.05, 0.1) is 13.1 Å². The van der Waals surface area contributed by atoms with Gasteiger partial charge in [-0.2, -0.15) is 0 Å². The highest BCUT2D eigenvalue weighted by molar-refractivity contribution is 6.17. The van der Waals surface area contributed by atoms with Gasteiger partial charge in [-0.3, -0.25) is 9.59 Å². The largest absolute Gasteiger partial charge is 0.488 e. The lowest BCUT2D eigenvalue weighted by Crippen LogP contribution is -2.40. The predicted octanol–water partition coefficient (Wildman–Crippen LogP) is 3.72. The molecule has 1 N–H and O–H groups in total. The van der Waals surface area contributed by atoms with E-state index in [-0.39, 0.29) is 18.2 Å². The molecule has 150 valence electrons. The number of hydrogen-bond donors (Lipinski definition) is 1. The fraction of sp³-hybridized carbons (Fsp3) is 0.364. The number of likely N-dealkylation sites (tertiary alicyclic amines) is 1. The summed E-state index contributed by atoms with van der Waals surface area (Å²) in [6, 6.07) is 7.45. The van der Waals surface area contributed by atoms with Crippen LogP contribution in [0.3, 0.4) is 0 Å². The number of rotatable bonds is 2. The number of carbonyl (C=O) groups excluding carboxylic acids is 2. The summed E-state index contributed by atoms with van der Waals surface area (Å²) >= 11 is 0. The lowest BCUT2D eigenvalue weighted by Gasteiger charge is -2.29. The van der Waals surface area contributed by atoms with Crippen LogP contribution < -0.4 is 9.64 Å². The van der Waals surface area contributed by atoms with Crippen LogP contribution in [0.1, 0.15) is 46.2 Å². The first-order valence-electron chi connectivity index (χ1n) is 9.95. The molecule has 0 spiro atoms. The highest BCUT2D eigenvalue weighted by Gasteiger charge is 2.29. The Morgan fingerprint density at radius 3 is 2.97 bits per heavy atom. The van der Waals surface area contributed by atoms with E-state index >= 15 is 0 Å². The minimum atomic E-state index is -0.962. The van der Waals surface area contributed by atoms with Gasteiger partial charge < -0.3 is 19.5 Å². The lowest BCUT2D eigenvalue weighted by atomic mass is 10.1. The Bertz CT molecular complexity index is 1040. The zero-order valence-electron chi connectivity index (χ0n) is 16.2. The number of allylic oxidation sites excluding steroid dienone is 1. The number of aromatic nitrogens is 1. The number of H-pyrrole nitrogens is 1. The molecule has 1 atom stereocenters. The van der Waals surface area contributed by atoms with E-state index in [0.29, 0.717) is 55.4 Å². The standard InChI is InChI=1S/C22H22FN3O3/c1-13-9-14-10-16(4-5-17(14)20(13)27)26-7-8-29-19-11-18(24-21(19)26)22(28)25-6-2-3-15(23)12-25/h4-5,9-11,15,24H,2-3,6-8,12H2,1H3/t15-/m1/s1. The average Bonchev–Trinajstić information content (AvgIpc) is 3.28. The molecule has 0 radical (unpaired) electrons. The summed E-state index contributed by atoms with van der Waals surface area (Å²) in [5.41, 5.74) is 3.69. The van der Waals surface area contributed by atoms with Crippen molar-refractivity contribution in [3.8, 4) is 5.75 Å². The summed E-state index contributed by atoms with van der Waals surface area (Å²) in [6.07, 6.45) is 2.12. The smallest absolute Gasteiger partial charge is 0.270 e. The number of fused-ring (bicyclic) bond motifs is 2. The van der Waals surface area contributed by atoms with Gasteiger partial charge in [-0.15, -0.1) is 0 Å². The average molecular weight is 395 g/mol. The third-order valence-corrected chi connectivity index (χ3v) is 5.81. The van der Waals surface area contributed by atoms with Gasteiger partial charge >= 0.3 is 0 Å². The summed E-state index contributed by atoms with van der Waals surface area (Å²) < 4.78 is 19.5. The van der Waals surface area contributed by atoms with E-state index in [1.165, 1.54) is 0 Å². The third-order valence-electron chi connectivity index (χ3n) is 5.81. The maximum absolute atomic E-state index is 13.7. The molecule has 3 heterocycles. The first-order chi connectivity index (χ1) is 14.0. The van der Waals surface area contributed by atoms with E-state index in [4.69, 9.17) is 4.74 Å². The molecular formula is C22H22FN3O3. The van der Waals surface area contributed by atoms with Gasteiger partial charge in [-0.1, -0.05) is 0 Å². The fourth-order valence-electron chi connectivity index (χ4n) is 4.30. The van der Waals surface area contributed by atoms with E-state index in [1.807, 2.05) is 31.2 Å². The van der Waals surface area contributed by atoms with Gasteiger partial charge in [0.1, 0.15) is 18.5 Å². The van der Waals surface area contributed by atoms with Crippen LogP contribution in [0, 0.1) is 0 Å². The fourth-order valence-corrected chi connectivity index (χ4v) is 4.30. The molecule has 1 aromatic carbocycles. The number of anilines is 2. The minimum Gasteiger partial charge on any atom is -0.488 e. The second-order valence-corrected chi connectivity index (χ2v) is 7.81. The highest BCUT2D eigenvalue weighted by Crippen LogP contribution is 2.39. The summed E-state index contributed by atoms with van der Waals surface area (Å²) in [7, 11) is 0. The number of ether oxygens (including phenoxy) is 1. The number of Topliss-reactive ketones (excluding diaryl/α,β-unsaturated/α-hetero) is 1. The second kappa shape index (κ2) is 6.76. The zero-order valence-corrected chi connectivity index (χ0v) is 16.2. The lowest BCUT2D eigenvalue weighted by molar-refractivity contribution is 0.0631. The molecule has 3 aliphatic rings. The van der Waals surface area contributed by atoms with Crippen LogP contribution >= 0.6 is 0 Å². The van der Waals surface area contributed by atoms with Crippen LogP contribution in [-0.4, -0.2) is 54.0 Å². The molecule has 1 saturated heterocycles. The molecule has 0 bridgehead atoms. The second-order valence-electron chi connectivity index (χ2n) is 7.81. The summed E-state index contributed by atoms with van der Waals surface area (Å²) in [6.45, 7) is 3.63.